The quantitative estimate of drug-likeness (QED) is 0.896. The van der Waals surface area contributed by atoms with Gasteiger partial charge in [0.05, 0.1) is 6.04 Å². The molecule has 3 rings (SSSR count). The Morgan fingerprint density at radius 2 is 2.06 bits per heavy atom. The summed E-state index contributed by atoms with van der Waals surface area (Å²) in [5, 5.41) is 14.5. The fourth-order valence-corrected chi connectivity index (χ4v) is 3.17. The zero-order valence-corrected chi connectivity index (χ0v) is 11.3. The Morgan fingerprint density at radius 3 is 2.72 bits per heavy atom. The second-order valence-electron chi connectivity index (χ2n) is 4.65. The van der Waals surface area contributed by atoms with Gasteiger partial charge in [-0.2, -0.15) is 0 Å². The summed E-state index contributed by atoms with van der Waals surface area (Å²) in [6.07, 6.45) is 2.57. The number of rotatable bonds is 5. The topological polar surface area (TPSA) is 37.8 Å². The van der Waals surface area contributed by atoms with E-state index in [4.69, 9.17) is 0 Å². The second-order valence-corrected chi connectivity index (χ2v) is 5.69. The van der Waals surface area contributed by atoms with Crippen LogP contribution in [0.15, 0.2) is 30.3 Å². The van der Waals surface area contributed by atoms with Crippen molar-refractivity contribution >= 4 is 11.3 Å². The van der Waals surface area contributed by atoms with Crippen LogP contribution in [-0.2, 0) is 0 Å². The Labute approximate surface area is 111 Å². The molecular weight excluding hydrogens is 242 g/mol. The van der Waals surface area contributed by atoms with Crippen molar-refractivity contribution in [2.45, 2.75) is 31.7 Å². The van der Waals surface area contributed by atoms with E-state index in [0.29, 0.717) is 5.92 Å². The average molecular weight is 259 g/mol. The molecule has 0 amide bonds. The van der Waals surface area contributed by atoms with Crippen LogP contribution in [0.25, 0.3) is 0 Å². The molecule has 1 heterocycles. The summed E-state index contributed by atoms with van der Waals surface area (Å²) in [6, 6.07) is 10.7. The molecule has 4 heteroatoms. The van der Waals surface area contributed by atoms with Gasteiger partial charge in [0, 0.05) is 5.92 Å². The maximum atomic E-state index is 4.38. The van der Waals surface area contributed by atoms with Crippen LogP contribution in [0.4, 0.5) is 0 Å². The van der Waals surface area contributed by atoms with Gasteiger partial charge in [-0.1, -0.05) is 48.6 Å². The molecule has 1 fully saturated rings. The van der Waals surface area contributed by atoms with Gasteiger partial charge >= 0.3 is 0 Å². The highest BCUT2D eigenvalue weighted by Crippen LogP contribution is 2.42. The summed E-state index contributed by atoms with van der Waals surface area (Å²) in [7, 11) is 0. The summed E-state index contributed by atoms with van der Waals surface area (Å²) in [5.74, 6) is 0.689. The van der Waals surface area contributed by atoms with Crippen molar-refractivity contribution in [3.8, 4) is 0 Å². The summed E-state index contributed by atoms with van der Waals surface area (Å²) in [5.41, 5.74) is 1.26. The first-order valence-corrected chi connectivity index (χ1v) is 7.31. The van der Waals surface area contributed by atoms with Crippen LogP contribution >= 0.6 is 11.3 Å². The first-order valence-electron chi connectivity index (χ1n) is 6.50. The third-order valence-corrected chi connectivity index (χ3v) is 4.32. The van der Waals surface area contributed by atoms with E-state index < -0.39 is 0 Å². The summed E-state index contributed by atoms with van der Waals surface area (Å²) >= 11 is 1.76. The smallest absolute Gasteiger partial charge is 0.139 e. The van der Waals surface area contributed by atoms with Crippen molar-refractivity contribution in [2.75, 3.05) is 6.54 Å². The number of nitrogens with one attached hydrogen (secondary N) is 1. The predicted molar refractivity (Wildman–Crippen MR) is 73.8 cm³/mol. The largest absolute Gasteiger partial charge is 0.304 e. The highest BCUT2D eigenvalue weighted by molar-refractivity contribution is 7.11. The van der Waals surface area contributed by atoms with Crippen molar-refractivity contribution < 1.29 is 0 Å². The van der Waals surface area contributed by atoms with Gasteiger partial charge in [0.25, 0.3) is 0 Å². The van der Waals surface area contributed by atoms with Gasteiger partial charge in [0.2, 0.25) is 0 Å². The fourth-order valence-electron chi connectivity index (χ4n) is 2.06. The van der Waals surface area contributed by atoms with E-state index in [9.17, 15) is 0 Å². The predicted octanol–water partition coefficient (Wildman–Crippen LogP) is 3.11. The maximum absolute atomic E-state index is 4.38. The van der Waals surface area contributed by atoms with Gasteiger partial charge in [-0.15, -0.1) is 10.2 Å². The fraction of sp³-hybridized carbons (Fsp3) is 0.429. The van der Waals surface area contributed by atoms with E-state index in [1.165, 1.54) is 23.4 Å². The van der Waals surface area contributed by atoms with Gasteiger partial charge in [-0.25, -0.2) is 0 Å². The van der Waals surface area contributed by atoms with Crippen molar-refractivity contribution in [1.29, 1.82) is 0 Å². The van der Waals surface area contributed by atoms with Gasteiger partial charge < -0.3 is 5.32 Å². The average Bonchev–Trinajstić information content (AvgIpc) is 3.16. The zero-order valence-electron chi connectivity index (χ0n) is 10.5. The van der Waals surface area contributed by atoms with Crippen molar-refractivity contribution in [2.24, 2.45) is 0 Å². The molecule has 1 aromatic heterocycles. The molecule has 0 radical (unpaired) electrons. The van der Waals surface area contributed by atoms with Crippen LogP contribution in [0.3, 0.4) is 0 Å². The Kier molecular flexibility index (Phi) is 3.39. The van der Waals surface area contributed by atoms with E-state index in [2.05, 4.69) is 46.7 Å². The molecule has 94 valence electrons. The van der Waals surface area contributed by atoms with E-state index >= 15 is 0 Å². The second kappa shape index (κ2) is 5.16. The van der Waals surface area contributed by atoms with Gasteiger partial charge in [0.1, 0.15) is 10.0 Å². The minimum Gasteiger partial charge on any atom is -0.304 e. The van der Waals surface area contributed by atoms with Crippen LogP contribution in [0.1, 0.15) is 47.3 Å². The molecule has 1 saturated carbocycles. The highest BCUT2D eigenvalue weighted by atomic mass is 32.1. The molecular formula is C14H17N3S. The summed E-state index contributed by atoms with van der Waals surface area (Å²) in [6.45, 7) is 3.05. The molecule has 1 aliphatic rings. The van der Waals surface area contributed by atoms with Crippen molar-refractivity contribution in [3.05, 3.63) is 45.9 Å². The molecule has 1 aromatic carbocycles. The minimum absolute atomic E-state index is 0.182. The van der Waals surface area contributed by atoms with Gasteiger partial charge in [0.15, 0.2) is 0 Å². The van der Waals surface area contributed by atoms with Crippen molar-refractivity contribution in [1.82, 2.24) is 15.5 Å². The molecule has 0 spiro atoms. The number of hydrogen-bond donors (Lipinski definition) is 1. The van der Waals surface area contributed by atoms with Crippen LogP contribution < -0.4 is 5.32 Å². The van der Waals surface area contributed by atoms with E-state index in [1.807, 2.05) is 6.07 Å². The lowest BCUT2D eigenvalue weighted by Gasteiger charge is -2.14. The van der Waals surface area contributed by atoms with E-state index in [-0.39, 0.29) is 6.04 Å². The maximum Gasteiger partial charge on any atom is 0.139 e. The first-order chi connectivity index (χ1) is 8.88. The lowest BCUT2D eigenvalue weighted by Crippen LogP contribution is -2.21. The van der Waals surface area contributed by atoms with E-state index in [0.717, 1.165) is 11.6 Å². The minimum atomic E-state index is 0.182. The number of hydrogen-bond acceptors (Lipinski definition) is 4. The first kappa shape index (κ1) is 11.8. The Balaban J connectivity index is 1.88. The zero-order chi connectivity index (χ0) is 12.4. The monoisotopic (exact) mass is 259 g/mol. The van der Waals surface area contributed by atoms with Crippen LogP contribution in [0, 0.1) is 0 Å². The number of nitrogens with zero attached hydrogens (tertiary/aromatic N) is 2. The summed E-state index contributed by atoms with van der Waals surface area (Å²) < 4.78 is 0. The molecule has 0 saturated heterocycles. The third kappa shape index (κ3) is 2.44. The Hall–Kier alpha value is -1.26. The molecule has 3 nitrogen and oxygen atoms in total. The molecule has 1 aliphatic carbocycles. The molecule has 0 bridgehead atoms. The molecule has 1 N–H and O–H groups in total. The normalized spacial score (nSPS) is 16.7. The van der Waals surface area contributed by atoms with Gasteiger partial charge in [-0.3, -0.25) is 0 Å². The third-order valence-electron chi connectivity index (χ3n) is 3.17. The van der Waals surface area contributed by atoms with Crippen LogP contribution in [0.5, 0.6) is 0 Å². The number of benzene rings is 1. The van der Waals surface area contributed by atoms with Crippen molar-refractivity contribution in [3.63, 3.8) is 0 Å². The van der Waals surface area contributed by atoms with Crippen LogP contribution in [0.2, 0.25) is 0 Å². The van der Waals surface area contributed by atoms with Gasteiger partial charge in [-0.05, 0) is 24.9 Å². The molecule has 1 unspecified atom stereocenters. The Bertz CT molecular complexity index is 505. The van der Waals surface area contributed by atoms with E-state index in [1.54, 1.807) is 11.3 Å². The Morgan fingerprint density at radius 1 is 1.28 bits per heavy atom. The highest BCUT2D eigenvalue weighted by Gasteiger charge is 2.29. The van der Waals surface area contributed by atoms with Crippen LogP contribution in [-0.4, -0.2) is 16.7 Å². The molecule has 2 aromatic rings. The lowest BCUT2D eigenvalue weighted by atomic mass is 10.1. The molecule has 1 atom stereocenters. The molecule has 18 heavy (non-hydrogen) atoms. The SMILES string of the molecule is CCNC(c1ccccc1)c1nnc(C2CC2)s1. The number of aromatic nitrogens is 2. The molecule has 0 aliphatic heterocycles. The summed E-state index contributed by atoms with van der Waals surface area (Å²) in [4.78, 5) is 0. The standard InChI is InChI=1S/C14H17N3S/c1-2-15-12(10-6-4-3-5-7-10)14-17-16-13(18-14)11-8-9-11/h3-7,11-12,15H,2,8-9H2,1H3. The lowest BCUT2D eigenvalue weighted by molar-refractivity contribution is 0.621.